The van der Waals surface area contributed by atoms with E-state index in [-0.39, 0.29) is 37.0 Å². The average Bonchev–Trinajstić information content (AvgIpc) is 3.41. The van der Waals surface area contributed by atoms with Gasteiger partial charge in [0.1, 0.15) is 17.6 Å². The topological polar surface area (TPSA) is 96.4 Å². The molecular formula is C31H50N2O6. The number of nitrogens with zero attached hydrogens (tertiary/aromatic N) is 2. The molecule has 3 aliphatic rings. The minimum absolute atomic E-state index is 0.0228. The molecule has 3 rings (SSSR count). The van der Waals surface area contributed by atoms with Gasteiger partial charge >= 0.3 is 5.97 Å². The predicted molar refractivity (Wildman–Crippen MR) is 151 cm³/mol. The Bertz CT molecular complexity index is 908. The van der Waals surface area contributed by atoms with Crippen LogP contribution in [0.15, 0.2) is 25.3 Å². The number of aliphatic hydroxyl groups is 1. The summed E-state index contributed by atoms with van der Waals surface area (Å²) >= 11 is 0. The second-order valence-electron chi connectivity index (χ2n) is 11.9. The minimum atomic E-state index is -1.07. The van der Waals surface area contributed by atoms with E-state index >= 15 is 0 Å². The van der Waals surface area contributed by atoms with Gasteiger partial charge in [-0.3, -0.25) is 14.4 Å². The summed E-state index contributed by atoms with van der Waals surface area (Å²) in [6.07, 6.45) is 10.4. The third-order valence-electron chi connectivity index (χ3n) is 9.25. The molecule has 1 spiro atoms. The average molecular weight is 547 g/mol. The van der Waals surface area contributed by atoms with E-state index in [1.165, 1.54) is 0 Å². The van der Waals surface area contributed by atoms with Crippen LogP contribution in [0.1, 0.15) is 85.5 Å². The Morgan fingerprint density at radius 1 is 1.23 bits per heavy atom. The Balaban J connectivity index is 1.98. The van der Waals surface area contributed by atoms with Gasteiger partial charge < -0.3 is 24.4 Å². The summed E-state index contributed by atoms with van der Waals surface area (Å²) in [5.41, 5.74) is -1.95. The predicted octanol–water partition coefficient (Wildman–Crippen LogP) is 4.26. The van der Waals surface area contributed by atoms with E-state index in [9.17, 15) is 19.5 Å². The fraction of sp³-hybridized carbons (Fsp3) is 0.774. The first kappa shape index (κ1) is 31.3. The summed E-state index contributed by atoms with van der Waals surface area (Å²) in [5.74, 6) is -2.26. The van der Waals surface area contributed by atoms with Crippen LogP contribution in [0.25, 0.3) is 0 Å². The molecular weight excluding hydrogens is 496 g/mol. The Kier molecular flexibility index (Phi) is 10.8. The van der Waals surface area contributed by atoms with Crippen molar-refractivity contribution in [3.63, 3.8) is 0 Å². The lowest BCUT2D eigenvalue weighted by Gasteiger charge is -2.39. The monoisotopic (exact) mass is 546 g/mol. The highest BCUT2D eigenvalue weighted by molar-refractivity contribution is 5.98. The number of hydrogen-bond acceptors (Lipinski definition) is 6. The van der Waals surface area contributed by atoms with E-state index in [4.69, 9.17) is 9.47 Å². The molecule has 220 valence electrons. The van der Waals surface area contributed by atoms with Gasteiger partial charge in [0.25, 0.3) is 0 Å². The quantitative estimate of drug-likeness (QED) is 0.166. The first-order chi connectivity index (χ1) is 18.6. The van der Waals surface area contributed by atoms with Crippen LogP contribution >= 0.6 is 0 Å². The maximum Gasteiger partial charge on any atom is 0.312 e. The number of carbonyl (C=O) groups excluding carboxylic acids is 3. The zero-order chi connectivity index (χ0) is 28.8. The summed E-state index contributed by atoms with van der Waals surface area (Å²) in [7, 11) is 0. The van der Waals surface area contributed by atoms with Crippen LogP contribution < -0.4 is 0 Å². The van der Waals surface area contributed by atoms with Crippen LogP contribution in [-0.4, -0.2) is 82.3 Å². The second-order valence-corrected chi connectivity index (χ2v) is 11.9. The lowest BCUT2D eigenvalue weighted by Crippen LogP contribution is -2.58. The van der Waals surface area contributed by atoms with Crippen LogP contribution in [0, 0.1) is 17.8 Å². The molecule has 1 N–H and O–H groups in total. The Hall–Kier alpha value is -2.19. The first-order valence-electron chi connectivity index (χ1n) is 14.9. The maximum atomic E-state index is 14.4. The number of likely N-dealkylation sites (tertiary alicyclic amines) is 1. The number of amides is 2. The number of ether oxygens (including phenoxy) is 2. The van der Waals surface area contributed by atoms with E-state index in [2.05, 4.69) is 20.1 Å². The van der Waals surface area contributed by atoms with Gasteiger partial charge in [-0.05, 0) is 71.1 Å². The Morgan fingerprint density at radius 3 is 2.62 bits per heavy atom. The fourth-order valence-electron chi connectivity index (χ4n) is 7.20. The summed E-state index contributed by atoms with van der Waals surface area (Å²) in [6.45, 7) is 16.8. The molecule has 3 saturated heterocycles. The van der Waals surface area contributed by atoms with E-state index in [1.54, 1.807) is 11.0 Å². The van der Waals surface area contributed by atoms with Crippen LogP contribution in [0.4, 0.5) is 0 Å². The zero-order valence-corrected chi connectivity index (χ0v) is 24.5. The molecule has 0 aromatic rings. The molecule has 39 heavy (non-hydrogen) atoms. The van der Waals surface area contributed by atoms with Crippen LogP contribution in [0.5, 0.6) is 0 Å². The van der Waals surface area contributed by atoms with Crippen molar-refractivity contribution in [1.29, 1.82) is 0 Å². The van der Waals surface area contributed by atoms with Crippen molar-refractivity contribution in [3.05, 3.63) is 25.3 Å². The molecule has 3 aliphatic heterocycles. The Labute approximate surface area is 234 Å². The summed E-state index contributed by atoms with van der Waals surface area (Å²) in [6, 6.07) is -0.830. The molecule has 0 radical (unpaired) electrons. The fourth-order valence-corrected chi connectivity index (χ4v) is 7.20. The molecule has 0 aromatic carbocycles. The second kappa shape index (κ2) is 13.4. The summed E-state index contributed by atoms with van der Waals surface area (Å²) in [4.78, 5) is 45.7. The number of aliphatic hydroxyl groups excluding tert-OH is 1. The standard InChI is InChI=1S/C31H50N2O6/c1-7-10-11-15-20-38-29(37)25-24-27(35)33(18-13-12-14-19-34)26(31(24)21-22(4)30(25,6)39-31)28(36)32(17-9-3)23(5)16-8-2/h7,9,22-26,34H,1,3,8,10-21H2,2,4-6H3/t22?,23?,24-,25+,26?,30-,31?/m0/s1. The highest BCUT2D eigenvalue weighted by Crippen LogP contribution is 2.65. The van der Waals surface area contributed by atoms with Crippen molar-refractivity contribution in [2.24, 2.45) is 17.8 Å². The highest BCUT2D eigenvalue weighted by atomic mass is 16.6. The summed E-state index contributed by atoms with van der Waals surface area (Å²) in [5, 5.41) is 9.25. The largest absolute Gasteiger partial charge is 0.465 e. The number of hydrogen-bond donors (Lipinski definition) is 1. The smallest absolute Gasteiger partial charge is 0.312 e. The number of unbranched alkanes of at least 4 members (excludes halogenated alkanes) is 4. The number of carbonyl (C=O) groups is 3. The van der Waals surface area contributed by atoms with Crippen LogP contribution in [0.2, 0.25) is 0 Å². The van der Waals surface area contributed by atoms with E-state index in [0.29, 0.717) is 32.4 Å². The molecule has 7 atom stereocenters. The number of allylic oxidation sites excluding steroid dienone is 1. The van der Waals surface area contributed by atoms with E-state index < -0.39 is 35.0 Å². The van der Waals surface area contributed by atoms with E-state index in [1.807, 2.05) is 31.7 Å². The molecule has 8 nitrogen and oxygen atoms in total. The van der Waals surface area contributed by atoms with Gasteiger partial charge in [-0.2, -0.15) is 0 Å². The van der Waals surface area contributed by atoms with Gasteiger partial charge in [0.15, 0.2) is 0 Å². The van der Waals surface area contributed by atoms with Crippen molar-refractivity contribution in [1.82, 2.24) is 9.80 Å². The molecule has 0 saturated carbocycles. The highest BCUT2D eigenvalue weighted by Gasteiger charge is 2.80. The number of esters is 1. The van der Waals surface area contributed by atoms with Crippen molar-refractivity contribution < 1.29 is 29.0 Å². The van der Waals surface area contributed by atoms with Crippen molar-refractivity contribution in [2.45, 2.75) is 109 Å². The van der Waals surface area contributed by atoms with Crippen molar-refractivity contribution in [3.8, 4) is 0 Å². The van der Waals surface area contributed by atoms with Crippen LogP contribution in [-0.2, 0) is 23.9 Å². The van der Waals surface area contributed by atoms with Crippen LogP contribution in [0.3, 0.4) is 0 Å². The Morgan fingerprint density at radius 2 is 1.97 bits per heavy atom. The van der Waals surface area contributed by atoms with Gasteiger partial charge in [0.05, 0.1) is 18.1 Å². The molecule has 0 aromatic heterocycles. The molecule has 0 aliphatic carbocycles. The third kappa shape index (κ3) is 5.83. The molecule has 8 heteroatoms. The molecule has 4 unspecified atom stereocenters. The lowest BCUT2D eigenvalue weighted by atomic mass is 9.62. The molecule has 3 heterocycles. The molecule has 3 fully saturated rings. The SMILES string of the molecule is C=CCCCCOC(=O)[C@H]1[C@H]2C(=O)N(CCCCCO)C(C(=O)N(CC=C)C(C)CCC)C23CC(C)[C@]1(C)O3. The lowest BCUT2D eigenvalue weighted by molar-refractivity contribution is -0.162. The third-order valence-corrected chi connectivity index (χ3v) is 9.25. The molecule has 2 bridgehead atoms. The summed E-state index contributed by atoms with van der Waals surface area (Å²) < 4.78 is 12.5. The zero-order valence-electron chi connectivity index (χ0n) is 24.5. The van der Waals surface area contributed by atoms with Gasteiger partial charge in [0.2, 0.25) is 11.8 Å². The van der Waals surface area contributed by atoms with Gasteiger partial charge in [-0.25, -0.2) is 0 Å². The normalized spacial score (nSPS) is 31.7. The van der Waals surface area contributed by atoms with E-state index in [0.717, 1.165) is 38.5 Å². The molecule has 2 amide bonds. The van der Waals surface area contributed by atoms with Gasteiger partial charge in [-0.1, -0.05) is 32.4 Å². The number of fused-ring (bicyclic) bond motifs is 1. The van der Waals surface area contributed by atoms with Gasteiger partial charge in [0, 0.05) is 25.7 Å². The van der Waals surface area contributed by atoms with Gasteiger partial charge in [-0.15, -0.1) is 13.2 Å². The first-order valence-corrected chi connectivity index (χ1v) is 14.9. The number of rotatable bonds is 17. The van der Waals surface area contributed by atoms with Crippen molar-refractivity contribution >= 4 is 17.8 Å². The van der Waals surface area contributed by atoms with Crippen molar-refractivity contribution in [2.75, 3.05) is 26.3 Å². The minimum Gasteiger partial charge on any atom is -0.465 e. The maximum absolute atomic E-state index is 14.4.